The third-order valence-corrected chi connectivity index (χ3v) is 5.39. The van der Waals surface area contributed by atoms with E-state index in [1.807, 2.05) is 12.1 Å². The fourth-order valence-electron chi connectivity index (χ4n) is 3.76. The normalized spacial score (nSPS) is 22.4. The first-order valence-electron chi connectivity index (χ1n) is 8.63. The molecule has 0 aliphatic carbocycles. The van der Waals surface area contributed by atoms with E-state index in [2.05, 4.69) is 20.8 Å². The van der Waals surface area contributed by atoms with Crippen molar-refractivity contribution in [2.45, 2.75) is 31.5 Å². The molecule has 0 radical (unpaired) electrons. The van der Waals surface area contributed by atoms with Crippen LogP contribution in [0.3, 0.4) is 0 Å². The lowest BCUT2D eigenvalue weighted by Gasteiger charge is -2.26. The van der Waals surface area contributed by atoms with Gasteiger partial charge in [-0.15, -0.1) is 0 Å². The monoisotopic (exact) mass is 373 g/mol. The van der Waals surface area contributed by atoms with Gasteiger partial charge in [-0.25, -0.2) is 0 Å². The van der Waals surface area contributed by atoms with Crippen molar-refractivity contribution in [1.29, 1.82) is 0 Å². The molecule has 1 fully saturated rings. The molecule has 1 aromatic carbocycles. The fraction of sp³-hybridized carbons (Fsp3) is 0.389. The number of nitrogens with zero attached hydrogens (tertiary/aromatic N) is 2. The molecule has 3 heterocycles. The summed E-state index contributed by atoms with van der Waals surface area (Å²) in [5.41, 5.74) is 3.26. The van der Waals surface area contributed by atoms with Gasteiger partial charge in [0.25, 0.3) is 5.91 Å². The highest BCUT2D eigenvalue weighted by atomic mass is 35.5. The van der Waals surface area contributed by atoms with Crippen LogP contribution in [0.25, 0.3) is 0 Å². The molecule has 7 nitrogen and oxygen atoms in total. The first-order chi connectivity index (χ1) is 12.5. The molecule has 2 aliphatic heterocycles. The number of amides is 2. The number of likely N-dealkylation sites (N-methyl/N-ethyl adjacent to an activating group) is 1. The van der Waals surface area contributed by atoms with Crippen LogP contribution in [0.5, 0.6) is 0 Å². The van der Waals surface area contributed by atoms with Crippen molar-refractivity contribution in [3.05, 3.63) is 51.8 Å². The third kappa shape index (κ3) is 2.97. The number of rotatable bonds is 3. The quantitative estimate of drug-likeness (QED) is 0.758. The number of carbonyl (C=O) groups is 2. The lowest BCUT2D eigenvalue weighted by atomic mass is 9.99. The first kappa shape index (κ1) is 17.1. The summed E-state index contributed by atoms with van der Waals surface area (Å²) in [6, 6.07) is 6.83. The number of hydrogen-bond acceptors (Lipinski definition) is 4. The van der Waals surface area contributed by atoms with Gasteiger partial charge >= 0.3 is 0 Å². The van der Waals surface area contributed by atoms with Gasteiger partial charge in [-0.05, 0) is 17.7 Å². The summed E-state index contributed by atoms with van der Waals surface area (Å²) in [6.07, 6.45) is 1.09. The first-order valence-corrected chi connectivity index (χ1v) is 9.01. The Balaban J connectivity index is 1.57. The standard InChI is InChI=1S/C18H20ClN5O2/c1-24-15(25)8-14(17(24)10-2-4-11(19)5-3-10)21-18(26)16-12-9-20-7-6-13(12)22-23-16/h2-5,14,17,20H,6-9H2,1H3,(H,21,26)(H,22,23). The molecule has 136 valence electrons. The van der Waals surface area contributed by atoms with Crippen LogP contribution in [0.15, 0.2) is 24.3 Å². The summed E-state index contributed by atoms with van der Waals surface area (Å²) in [5, 5.41) is 14.1. The summed E-state index contributed by atoms with van der Waals surface area (Å²) in [7, 11) is 1.76. The number of halogens is 1. The van der Waals surface area contributed by atoms with E-state index in [1.165, 1.54) is 0 Å². The molecule has 4 rings (SSSR count). The highest BCUT2D eigenvalue weighted by molar-refractivity contribution is 6.30. The van der Waals surface area contributed by atoms with E-state index >= 15 is 0 Å². The van der Waals surface area contributed by atoms with E-state index in [1.54, 1.807) is 24.1 Å². The van der Waals surface area contributed by atoms with Crippen LogP contribution in [-0.2, 0) is 17.8 Å². The van der Waals surface area contributed by atoms with E-state index in [9.17, 15) is 9.59 Å². The Bertz CT molecular complexity index is 848. The summed E-state index contributed by atoms with van der Waals surface area (Å²) >= 11 is 5.97. The second kappa shape index (κ2) is 6.74. The largest absolute Gasteiger partial charge is 0.345 e. The van der Waals surface area contributed by atoms with Crippen LogP contribution in [-0.4, -0.2) is 46.5 Å². The number of likely N-dealkylation sites (tertiary alicyclic amines) is 1. The zero-order valence-corrected chi connectivity index (χ0v) is 15.1. The van der Waals surface area contributed by atoms with Gasteiger partial charge in [-0.1, -0.05) is 23.7 Å². The van der Waals surface area contributed by atoms with Crippen molar-refractivity contribution in [3.8, 4) is 0 Å². The Kier molecular flexibility index (Phi) is 4.42. The van der Waals surface area contributed by atoms with Crippen molar-refractivity contribution < 1.29 is 9.59 Å². The maximum Gasteiger partial charge on any atom is 0.272 e. The lowest BCUT2D eigenvalue weighted by Crippen LogP contribution is -2.39. The van der Waals surface area contributed by atoms with Gasteiger partial charge in [0.05, 0.1) is 12.1 Å². The minimum atomic E-state index is -0.315. The molecule has 1 saturated heterocycles. The summed E-state index contributed by atoms with van der Waals surface area (Å²) in [4.78, 5) is 26.7. The molecule has 8 heteroatoms. The van der Waals surface area contributed by atoms with Crippen LogP contribution in [0.4, 0.5) is 0 Å². The molecule has 1 aromatic heterocycles. The fourth-order valence-corrected chi connectivity index (χ4v) is 3.89. The highest BCUT2D eigenvalue weighted by Gasteiger charge is 2.40. The molecule has 2 unspecified atom stereocenters. The number of hydrogen-bond donors (Lipinski definition) is 3. The van der Waals surface area contributed by atoms with Crippen LogP contribution in [0.2, 0.25) is 5.02 Å². The molecule has 26 heavy (non-hydrogen) atoms. The number of H-pyrrole nitrogens is 1. The lowest BCUT2D eigenvalue weighted by molar-refractivity contribution is -0.127. The topological polar surface area (TPSA) is 90.1 Å². The van der Waals surface area contributed by atoms with Crippen LogP contribution < -0.4 is 10.6 Å². The smallest absolute Gasteiger partial charge is 0.272 e. The average molecular weight is 374 g/mol. The molecule has 2 aliphatic rings. The van der Waals surface area contributed by atoms with Crippen LogP contribution in [0.1, 0.15) is 39.8 Å². The molecule has 0 spiro atoms. The van der Waals surface area contributed by atoms with Crippen molar-refractivity contribution in [1.82, 2.24) is 25.7 Å². The predicted molar refractivity (Wildman–Crippen MR) is 96.8 cm³/mol. The summed E-state index contributed by atoms with van der Waals surface area (Å²) in [5.74, 6) is -0.251. The molecular weight excluding hydrogens is 354 g/mol. The van der Waals surface area contributed by atoms with E-state index in [4.69, 9.17) is 11.6 Å². The van der Waals surface area contributed by atoms with Gasteiger partial charge in [-0.3, -0.25) is 14.7 Å². The molecule has 0 saturated carbocycles. The minimum Gasteiger partial charge on any atom is -0.345 e. The van der Waals surface area contributed by atoms with Gasteiger partial charge in [0.15, 0.2) is 5.69 Å². The summed E-state index contributed by atoms with van der Waals surface area (Å²) in [6.45, 7) is 1.50. The Morgan fingerprint density at radius 1 is 1.35 bits per heavy atom. The van der Waals surface area contributed by atoms with Gasteiger partial charge in [0, 0.05) is 49.3 Å². The Morgan fingerprint density at radius 3 is 2.88 bits per heavy atom. The van der Waals surface area contributed by atoms with Crippen LogP contribution in [0, 0.1) is 0 Å². The zero-order chi connectivity index (χ0) is 18.3. The van der Waals surface area contributed by atoms with Gasteiger partial charge < -0.3 is 15.5 Å². The van der Waals surface area contributed by atoms with Gasteiger partial charge in [0.2, 0.25) is 5.91 Å². The minimum absolute atomic E-state index is 0.000901. The van der Waals surface area contributed by atoms with Crippen molar-refractivity contribution in [2.75, 3.05) is 13.6 Å². The SMILES string of the molecule is CN1C(=O)CC(NC(=O)c2n[nH]c3c2CNCC3)C1c1ccc(Cl)cc1. The second-order valence-corrected chi connectivity index (χ2v) is 7.18. The molecule has 2 aromatic rings. The van der Waals surface area contributed by atoms with Crippen molar-refractivity contribution >= 4 is 23.4 Å². The Labute approximate surface area is 156 Å². The number of aromatic nitrogens is 2. The number of carbonyl (C=O) groups excluding carboxylic acids is 2. The van der Waals surface area contributed by atoms with E-state index in [0.29, 0.717) is 17.3 Å². The van der Waals surface area contributed by atoms with Crippen molar-refractivity contribution in [2.24, 2.45) is 0 Å². The second-order valence-electron chi connectivity index (χ2n) is 6.74. The molecule has 2 amide bonds. The molecule has 2 atom stereocenters. The maximum atomic E-state index is 12.8. The molecule has 3 N–H and O–H groups in total. The number of nitrogens with one attached hydrogen (secondary N) is 3. The zero-order valence-electron chi connectivity index (χ0n) is 14.4. The average Bonchev–Trinajstić information content (AvgIpc) is 3.18. The Hall–Kier alpha value is -2.38. The van der Waals surface area contributed by atoms with E-state index < -0.39 is 0 Å². The third-order valence-electron chi connectivity index (χ3n) is 5.14. The Morgan fingerprint density at radius 2 is 2.12 bits per heavy atom. The number of benzene rings is 1. The van der Waals surface area contributed by atoms with E-state index in [-0.39, 0.29) is 30.3 Å². The van der Waals surface area contributed by atoms with Crippen LogP contribution >= 0.6 is 11.6 Å². The predicted octanol–water partition coefficient (Wildman–Crippen LogP) is 1.41. The number of fused-ring (bicyclic) bond motifs is 1. The van der Waals surface area contributed by atoms with E-state index in [0.717, 1.165) is 29.8 Å². The number of aromatic amines is 1. The van der Waals surface area contributed by atoms with Gasteiger partial charge in [0.1, 0.15) is 0 Å². The van der Waals surface area contributed by atoms with Gasteiger partial charge in [-0.2, -0.15) is 5.10 Å². The maximum absolute atomic E-state index is 12.8. The molecular formula is C18H20ClN5O2. The molecule has 0 bridgehead atoms. The highest BCUT2D eigenvalue weighted by Crippen LogP contribution is 2.32. The summed E-state index contributed by atoms with van der Waals surface area (Å²) < 4.78 is 0. The van der Waals surface area contributed by atoms with Crippen molar-refractivity contribution in [3.63, 3.8) is 0 Å².